The molecule has 130 valence electrons. The molecule has 2 atom stereocenters. The van der Waals surface area contributed by atoms with Crippen LogP contribution in [0.2, 0.25) is 0 Å². The van der Waals surface area contributed by atoms with Crippen LogP contribution in [-0.2, 0) is 18.8 Å². The molecule has 7 heteroatoms. The fraction of sp³-hybridized carbons (Fsp3) is 0.706. The Labute approximate surface area is 140 Å². The van der Waals surface area contributed by atoms with E-state index >= 15 is 0 Å². The molecule has 2 unspecified atom stereocenters. The van der Waals surface area contributed by atoms with Gasteiger partial charge in [0.15, 0.2) is 5.56 Å². The lowest BCUT2D eigenvalue weighted by atomic mass is 9.60. The average Bonchev–Trinajstić information content (AvgIpc) is 3.09. The number of aromatic nitrogens is 2. The molecule has 2 fully saturated rings. The van der Waals surface area contributed by atoms with E-state index in [1.165, 1.54) is 24.5 Å². The molecule has 1 N–H and O–H groups in total. The van der Waals surface area contributed by atoms with E-state index in [1.807, 2.05) is 13.0 Å². The first-order valence-electron chi connectivity index (χ1n) is 8.54. The van der Waals surface area contributed by atoms with Crippen LogP contribution >= 0.6 is 0 Å². The summed E-state index contributed by atoms with van der Waals surface area (Å²) in [5, 5.41) is 12.7. The summed E-state index contributed by atoms with van der Waals surface area (Å²) in [6.07, 6.45) is 5.55. The lowest BCUT2D eigenvalue weighted by Crippen LogP contribution is -2.60. The minimum Gasteiger partial charge on any atom is -0.378 e. The Morgan fingerprint density at radius 1 is 1.29 bits per heavy atom. The molecule has 0 amide bonds. The molecule has 3 rings (SSSR count). The number of nitrogens with one attached hydrogen (secondary N) is 1. The predicted octanol–water partition coefficient (Wildman–Crippen LogP) is 1.11. The largest absolute Gasteiger partial charge is 0.378 e. The van der Waals surface area contributed by atoms with Crippen LogP contribution in [0.15, 0.2) is 9.59 Å². The van der Waals surface area contributed by atoms with Gasteiger partial charge in [-0.15, -0.1) is 0 Å². The predicted molar refractivity (Wildman–Crippen MR) is 90.0 cm³/mol. The fourth-order valence-corrected chi connectivity index (χ4v) is 4.37. The molecule has 0 aromatic carbocycles. The number of anilines is 1. The van der Waals surface area contributed by atoms with Crippen LogP contribution in [0.5, 0.6) is 0 Å². The van der Waals surface area contributed by atoms with E-state index in [0.717, 1.165) is 23.8 Å². The minimum absolute atomic E-state index is 0.00685. The van der Waals surface area contributed by atoms with Gasteiger partial charge in [-0.25, -0.2) is 4.79 Å². The third kappa shape index (κ3) is 2.28. The van der Waals surface area contributed by atoms with E-state index in [4.69, 9.17) is 4.74 Å². The Balaban J connectivity index is 1.97. The van der Waals surface area contributed by atoms with Crippen LogP contribution < -0.4 is 16.6 Å². The summed E-state index contributed by atoms with van der Waals surface area (Å²) in [5.74, 6) is 0.330. The molecular formula is C17H24N4O3. The number of rotatable bonds is 4. The highest BCUT2D eigenvalue weighted by Crippen LogP contribution is 2.55. The summed E-state index contributed by atoms with van der Waals surface area (Å²) >= 11 is 0. The van der Waals surface area contributed by atoms with E-state index in [1.54, 1.807) is 7.05 Å². The molecule has 1 heterocycles. The molecule has 7 nitrogen and oxygen atoms in total. The standard InChI is InChI=1S/C17H24N4O3/c1-4-24-13-9-12(17(13)7-5-6-8-17)19-14-11(10-18)15(22)21(3)16(23)20(14)2/h12-13,19H,4-9H2,1-3H3. The summed E-state index contributed by atoms with van der Waals surface area (Å²) in [6, 6.07) is 2.08. The maximum Gasteiger partial charge on any atom is 0.332 e. The maximum atomic E-state index is 12.2. The quantitative estimate of drug-likeness (QED) is 0.892. The highest BCUT2D eigenvalue weighted by molar-refractivity contribution is 5.52. The zero-order valence-corrected chi connectivity index (χ0v) is 14.5. The summed E-state index contributed by atoms with van der Waals surface area (Å²) < 4.78 is 8.23. The molecule has 0 bridgehead atoms. The Hall–Kier alpha value is -2.07. The first kappa shape index (κ1) is 16.8. The summed E-state index contributed by atoms with van der Waals surface area (Å²) in [4.78, 5) is 24.4. The van der Waals surface area contributed by atoms with Gasteiger partial charge < -0.3 is 10.1 Å². The Kier molecular flexibility index (Phi) is 4.26. The molecular weight excluding hydrogens is 308 g/mol. The van der Waals surface area contributed by atoms with Crippen molar-refractivity contribution in [2.45, 2.75) is 51.2 Å². The van der Waals surface area contributed by atoms with Gasteiger partial charge in [-0.1, -0.05) is 12.8 Å². The third-order valence-electron chi connectivity index (χ3n) is 5.77. The van der Waals surface area contributed by atoms with E-state index < -0.39 is 11.2 Å². The molecule has 2 aliphatic rings. The highest BCUT2D eigenvalue weighted by atomic mass is 16.5. The van der Waals surface area contributed by atoms with Crippen molar-refractivity contribution in [1.29, 1.82) is 5.26 Å². The number of nitriles is 1. The van der Waals surface area contributed by atoms with Gasteiger partial charge in [0.25, 0.3) is 5.56 Å². The van der Waals surface area contributed by atoms with Crippen LogP contribution in [0.4, 0.5) is 5.82 Å². The van der Waals surface area contributed by atoms with Crippen molar-refractivity contribution < 1.29 is 4.74 Å². The topological polar surface area (TPSA) is 89.1 Å². The van der Waals surface area contributed by atoms with Crippen LogP contribution in [0.25, 0.3) is 0 Å². The molecule has 1 aromatic rings. The number of nitrogens with zero attached hydrogens (tertiary/aromatic N) is 3. The molecule has 0 saturated heterocycles. The molecule has 0 aliphatic heterocycles. The van der Waals surface area contributed by atoms with Crippen molar-refractivity contribution in [3.8, 4) is 6.07 Å². The second-order valence-corrected chi connectivity index (χ2v) is 6.86. The van der Waals surface area contributed by atoms with Gasteiger partial charge in [0.2, 0.25) is 0 Å². The third-order valence-corrected chi connectivity index (χ3v) is 5.77. The van der Waals surface area contributed by atoms with E-state index in [2.05, 4.69) is 5.32 Å². The van der Waals surface area contributed by atoms with Crippen LogP contribution in [0, 0.1) is 16.7 Å². The summed E-state index contributed by atoms with van der Waals surface area (Å²) in [6.45, 7) is 2.69. The second-order valence-electron chi connectivity index (χ2n) is 6.86. The minimum atomic E-state index is -0.552. The van der Waals surface area contributed by atoms with E-state index in [0.29, 0.717) is 12.4 Å². The average molecular weight is 332 g/mol. The van der Waals surface area contributed by atoms with Crippen LogP contribution in [-0.4, -0.2) is 27.9 Å². The zero-order chi connectivity index (χ0) is 17.5. The monoisotopic (exact) mass is 332 g/mol. The van der Waals surface area contributed by atoms with Gasteiger partial charge in [-0.05, 0) is 26.2 Å². The number of hydrogen-bond acceptors (Lipinski definition) is 5. The number of ether oxygens (including phenoxy) is 1. The van der Waals surface area contributed by atoms with Crippen molar-refractivity contribution >= 4 is 5.82 Å². The van der Waals surface area contributed by atoms with Crippen molar-refractivity contribution in [2.24, 2.45) is 19.5 Å². The van der Waals surface area contributed by atoms with Gasteiger partial charge in [-0.2, -0.15) is 5.26 Å². The Bertz CT molecular complexity index is 796. The SMILES string of the molecule is CCOC1CC(Nc2c(C#N)c(=O)n(C)c(=O)n2C)C12CCCC2. The van der Waals surface area contributed by atoms with Crippen molar-refractivity contribution in [3.63, 3.8) is 0 Å². The Morgan fingerprint density at radius 2 is 1.96 bits per heavy atom. The lowest BCUT2D eigenvalue weighted by molar-refractivity contribution is -0.114. The molecule has 2 saturated carbocycles. The molecule has 1 spiro atoms. The Morgan fingerprint density at radius 3 is 2.54 bits per heavy atom. The van der Waals surface area contributed by atoms with Crippen LogP contribution in [0.1, 0.15) is 44.6 Å². The number of hydrogen-bond donors (Lipinski definition) is 1. The van der Waals surface area contributed by atoms with E-state index in [9.17, 15) is 14.9 Å². The van der Waals surface area contributed by atoms with Crippen molar-refractivity contribution in [3.05, 3.63) is 26.4 Å². The van der Waals surface area contributed by atoms with Gasteiger partial charge in [0.1, 0.15) is 11.9 Å². The van der Waals surface area contributed by atoms with E-state index in [-0.39, 0.29) is 23.1 Å². The highest BCUT2D eigenvalue weighted by Gasteiger charge is 2.57. The second kappa shape index (κ2) is 6.10. The normalized spacial score (nSPS) is 24.6. The fourth-order valence-electron chi connectivity index (χ4n) is 4.37. The summed E-state index contributed by atoms with van der Waals surface area (Å²) in [5.41, 5.74) is -0.931. The van der Waals surface area contributed by atoms with Gasteiger partial charge in [0, 0.05) is 32.2 Å². The van der Waals surface area contributed by atoms with Gasteiger partial charge in [-0.3, -0.25) is 13.9 Å². The molecule has 24 heavy (non-hydrogen) atoms. The first-order chi connectivity index (χ1) is 11.5. The smallest absolute Gasteiger partial charge is 0.332 e. The van der Waals surface area contributed by atoms with Crippen molar-refractivity contribution in [2.75, 3.05) is 11.9 Å². The van der Waals surface area contributed by atoms with Gasteiger partial charge >= 0.3 is 5.69 Å². The van der Waals surface area contributed by atoms with Crippen molar-refractivity contribution in [1.82, 2.24) is 9.13 Å². The first-order valence-corrected chi connectivity index (χ1v) is 8.54. The maximum absolute atomic E-state index is 12.2. The summed E-state index contributed by atoms with van der Waals surface area (Å²) in [7, 11) is 2.98. The molecule has 1 aromatic heterocycles. The van der Waals surface area contributed by atoms with Crippen LogP contribution in [0.3, 0.4) is 0 Å². The zero-order valence-electron chi connectivity index (χ0n) is 14.5. The molecule has 0 radical (unpaired) electrons. The molecule has 2 aliphatic carbocycles. The van der Waals surface area contributed by atoms with Gasteiger partial charge in [0.05, 0.1) is 6.10 Å². The lowest BCUT2D eigenvalue weighted by Gasteiger charge is -2.54.